The van der Waals surface area contributed by atoms with Gasteiger partial charge < -0.3 is 4.90 Å². The first-order valence-electron chi connectivity index (χ1n) is 7.95. The molecule has 0 aliphatic heterocycles. The second-order valence-corrected chi connectivity index (χ2v) is 8.17. The van der Waals surface area contributed by atoms with Gasteiger partial charge >= 0.3 is 0 Å². The minimum absolute atomic E-state index is 0.0695. The number of rotatable bonds is 3. The van der Waals surface area contributed by atoms with Gasteiger partial charge in [-0.1, -0.05) is 6.07 Å². The molecule has 1 heterocycles. The molecular formula is C18H22FNS. The van der Waals surface area contributed by atoms with E-state index in [-0.39, 0.29) is 5.13 Å². The minimum atomic E-state index is -0.0695. The summed E-state index contributed by atoms with van der Waals surface area (Å²) in [4.78, 5) is 2.33. The lowest BCUT2D eigenvalue weighted by Crippen LogP contribution is -2.30. The molecule has 2 aliphatic rings. The summed E-state index contributed by atoms with van der Waals surface area (Å²) < 4.78 is 14.5. The molecule has 2 aliphatic carbocycles. The monoisotopic (exact) mass is 303 g/mol. The van der Waals surface area contributed by atoms with Crippen molar-refractivity contribution in [3.05, 3.63) is 35.0 Å². The zero-order valence-corrected chi connectivity index (χ0v) is 13.5. The average molecular weight is 303 g/mol. The maximum Gasteiger partial charge on any atom is 0.177 e. The van der Waals surface area contributed by atoms with Gasteiger partial charge in [0.2, 0.25) is 0 Å². The highest BCUT2D eigenvalue weighted by Crippen LogP contribution is 2.57. The lowest BCUT2D eigenvalue weighted by Gasteiger charge is -2.33. The van der Waals surface area contributed by atoms with Gasteiger partial charge in [-0.15, -0.1) is 11.3 Å². The van der Waals surface area contributed by atoms with E-state index in [2.05, 4.69) is 37.2 Å². The van der Waals surface area contributed by atoms with Gasteiger partial charge in [0.05, 0.1) is 0 Å². The molecule has 1 nitrogen and oxygen atoms in total. The second kappa shape index (κ2) is 5.06. The molecule has 3 heteroatoms. The molecule has 0 N–H and O–H groups in total. The SMILES string of the molecule is CN(C)CC1C2CCC(C2)C1c1ccc2sc(F)cc2c1. The van der Waals surface area contributed by atoms with Crippen LogP contribution in [0, 0.1) is 22.9 Å². The Balaban J connectivity index is 1.71. The third-order valence-electron chi connectivity index (χ3n) is 5.56. The third-order valence-corrected chi connectivity index (χ3v) is 6.46. The number of fused-ring (bicyclic) bond motifs is 3. The minimum Gasteiger partial charge on any atom is -0.309 e. The molecule has 4 rings (SSSR count). The van der Waals surface area contributed by atoms with E-state index in [1.165, 1.54) is 42.7 Å². The van der Waals surface area contributed by atoms with Gasteiger partial charge in [0.25, 0.3) is 0 Å². The highest BCUT2D eigenvalue weighted by Gasteiger charge is 2.47. The Morgan fingerprint density at radius 3 is 2.81 bits per heavy atom. The van der Waals surface area contributed by atoms with E-state index in [0.717, 1.165) is 27.8 Å². The summed E-state index contributed by atoms with van der Waals surface area (Å²) in [7, 11) is 4.36. The first kappa shape index (κ1) is 13.7. The van der Waals surface area contributed by atoms with Crippen molar-refractivity contribution in [1.29, 1.82) is 0 Å². The maximum absolute atomic E-state index is 13.4. The smallest absolute Gasteiger partial charge is 0.177 e. The number of nitrogens with zero attached hydrogens (tertiary/aromatic N) is 1. The van der Waals surface area contributed by atoms with E-state index >= 15 is 0 Å². The fourth-order valence-electron chi connectivity index (χ4n) is 4.85. The molecule has 0 amide bonds. The lowest BCUT2D eigenvalue weighted by molar-refractivity contribution is 0.219. The number of benzene rings is 1. The number of thiophene rings is 1. The summed E-state index contributed by atoms with van der Waals surface area (Å²) >= 11 is 1.26. The van der Waals surface area contributed by atoms with Crippen LogP contribution in [0.2, 0.25) is 0 Å². The number of hydrogen-bond donors (Lipinski definition) is 0. The van der Waals surface area contributed by atoms with Crippen molar-refractivity contribution in [2.75, 3.05) is 20.6 Å². The van der Waals surface area contributed by atoms with E-state index in [1.807, 2.05) is 0 Å². The summed E-state index contributed by atoms with van der Waals surface area (Å²) in [6.07, 6.45) is 4.20. The average Bonchev–Trinajstić information content (AvgIpc) is 3.09. The molecule has 2 saturated carbocycles. The van der Waals surface area contributed by atoms with E-state index in [9.17, 15) is 4.39 Å². The molecule has 1 aromatic carbocycles. The molecule has 2 bridgehead atoms. The van der Waals surface area contributed by atoms with Crippen LogP contribution in [0.25, 0.3) is 10.1 Å². The third kappa shape index (κ3) is 2.31. The Kier molecular flexibility index (Phi) is 3.31. The van der Waals surface area contributed by atoms with Gasteiger partial charge in [-0.25, -0.2) is 0 Å². The molecule has 0 spiro atoms. The Labute approximate surface area is 129 Å². The Morgan fingerprint density at radius 1 is 1.19 bits per heavy atom. The molecule has 2 fully saturated rings. The molecule has 4 unspecified atom stereocenters. The molecule has 112 valence electrons. The van der Waals surface area contributed by atoms with Crippen molar-refractivity contribution in [3.63, 3.8) is 0 Å². The van der Waals surface area contributed by atoms with Gasteiger partial charge in [-0.2, -0.15) is 4.39 Å². The van der Waals surface area contributed by atoms with Gasteiger partial charge in [0.1, 0.15) is 0 Å². The Morgan fingerprint density at radius 2 is 2.00 bits per heavy atom. The van der Waals surface area contributed by atoms with Gasteiger partial charge in [-0.3, -0.25) is 0 Å². The van der Waals surface area contributed by atoms with Crippen LogP contribution >= 0.6 is 11.3 Å². The molecule has 21 heavy (non-hydrogen) atoms. The Bertz CT molecular complexity index is 662. The van der Waals surface area contributed by atoms with Gasteiger partial charge in [0.15, 0.2) is 5.13 Å². The van der Waals surface area contributed by atoms with Crippen LogP contribution in [0.3, 0.4) is 0 Å². The molecule has 1 aromatic heterocycles. The van der Waals surface area contributed by atoms with Crippen LogP contribution in [-0.2, 0) is 0 Å². The highest BCUT2D eigenvalue weighted by molar-refractivity contribution is 7.17. The number of hydrogen-bond acceptors (Lipinski definition) is 2. The fraction of sp³-hybridized carbons (Fsp3) is 0.556. The normalized spacial score (nSPS) is 31.6. The van der Waals surface area contributed by atoms with Crippen molar-refractivity contribution in [3.8, 4) is 0 Å². The first-order valence-corrected chi connectivity index (χ1v) is 8.77. The maximum atomic E-state index is 13.4. The van der Waals surface area contributed by atoms with Crippen LogP contribution in [0.15, 0.2) is 24.3 Å². The summed E-state index contributed by atoms with van der Waals surface area (Å²) in [5.41, 5.74) is 1.44. The summed E-state index contributed by atoms with van der Waals surface area (Å²) in [6.45, 7) is 1.18. The topological polar surface area (TPSA) is 3.24 Å². The molecule has 0 radical (unpaired) electrons. The van der Waals surface area contributed by atoms with Crippen LogP contribution in [0.4, 0.5) is 4.39 Å². The van der Waals surface area contributed by atoms with E-state index in [4.69, 9.17) is 0 Å². The predicted molar refractivity (Wildman–Crippen MR) is 87.4 cm³/mol. The quantitative estimate of drug-likeness (QED) is 0.792. The van der Waals surface area contributed by atoms with Crippen molar-refractivity contribution < 1.29 is 4.39 Å². The fourth-order valence-corrected chi connectivity index (χ4v) is 5.62. The predicted octanol–water partition coefficient (Wildman–Crippen LogP) is 4.73. The molecule has 4 atom stereocenters. The van der Waals surface area contributed by atoms with Crippen LogP contribution < -0.4 is 0 Å². The van der Waals surface area contributed by atoms with E-state index in [0.29, 0.717) is 5.92 Å². The van der Waals surface area contributed by atoms with Crippen molar-refractivity contribution in [2.45, 2.75) is 25.2 Å². The standard InChI is InChI=1S/C18H22FNS/c1-20(2)10-15-11-3-4-12(7-11)18(15)13-5-6-16-14(8-13)9-17(19)21-16/h5-6,8-9,11-12,15,18H,3-4,7,10H2,1-2H3. The van der Waals surface area contributed by atoms with Crippen molar-refractivity contribution in [1.82, 2.24) is 4.90 Å². The molecule has 0 saturated heterocycles. The molecular weight excluding hydrogens is 281 g/mol. The van der Waals surface area contributed by atoms with Crippen LogP contribution in [0.1, 0.15) is 30.7 Å². The van der Waals surface area contributed by atoms with Gasteiger partial charge in [-0.05, 0) is 86.2 Å². The van der Waals surface area contributed by atoms with E-state index < -0.39 is 0 Å². The molecule has 2 aromatic rings. The zero-order chi connectivity index (χ0) is 14.6. The second-order valence-electron chi connectivity index (χ2n) is 7.13. The van der Waals surface area contributed by atoms with Crippen LogP contribution in [-0.4, -0.2) is 25.5 Å². The first-order chi connectivity index (χ1) is 10.1. The largest absolute Gasteiger partial charge is 0.309 e. The Hall–Kier alpha value is -0.930. The van der Waals surface area contributed by atoms with Gasteiger partial charge in [0, 0.05) is 11.2 Å². The summed E-state index contributed by atoms with van der Waals surface area (Å²) in [6, 6.07) is 8.32. The van der Waals surface area contributed by atoms with Crippen LogP contribution in [0.5, 0.6) is 0 Å². The zero-order valence-electron chi connectivity index (χ0n) is 12.7. The summed E-state index contributed by atoms with van der Waals surface area (Å²) in [5.74, 6) is 3.20. The van der Waals surface area contributed by atoms with E-state index in [1.54, 1.807) is 6.07 Å². The number of halogens is 1. The lowest BCUT2D eigenvalue weighted by atomic mass is 9.75. The van der Waals surface area contributed by atoms with Crippen molar-refractivity contribution >= 4 is 21.4 Å². The summed E-state index contributed by atoms with van der Waals surface area (Å²) in [5, 5.41) is 1.02. The highest BCUT2D eigenvalue weighted by atomic mass is 32.1. The van der Waals surface area contributed by atoms with Crippen molar-refractivity contribution in [2.24, 2.45) is 17.8 Å².